The lowest BCUT2D eigenvalue weighted by molar-refractivity contribution is 0.0979. The Labute approximate surface area is 151 Å². The van der Waals surface area contributed by atoms with Crippen LogP contribution in [0.15, 0.2) is 6.20 Å². The van der Waals surface area contributed by atoms with Crippen LogP contribution in [0.25, 0.3) is 0 Å². The Kier molecular flexibility index (Phi) is 6.34. The number of nitrogens with one attached hydrogen (secondary N) is 2. The summed E-state index contributed by atoms with van der Waals surface area (Å²) < 4.78 is 0. The number of rotatable bonds is 5. The zero-order valence-electron chi connectivity index (χ0n) is 15.8. The van der Waals surface area contributed by atoms with Crippen LogP contribution in [0.1, 0.15) is 56.5 Å². The van der Waals surface area contributed by atoms with Crippen molar-refractivity contribution in [3.63, 3.8) is 0 Å². The highest BCUT2D eigenvalue weighted by Gasteiger charge is 2.27. The summed E-state index contributed by atoms with van der Waals surface area (Å²) in [5, 5.41) is 3.12. The van der Waals surface area contributed by atoms with Gasteiger partial charge in [-0.2, -0.15) is 0 Å². The average Bonchev–Trinajstić information content (AvgIpc) is 3.05. The molecule has 0 bridgehead atoms. The van der Waals surface area contributed by atoms with Gasteiger partial charge in [-0.1, -0.05) is 19.3 Å². The lowest BCUT2D eigenvalue weighted by Crippen LogP contribution is -2.47. The second kappa shape index (κ2) is 8.70. The number of piperidine rings is 1. The Bertz CT molecular complexity index is 552. The Morgan fingerprint density at radius 2 is 2.12 bits per heavy atom. The maximum Gasteiger partial charge on any atom is 0.317 e. The van der Waals surface area contributed by atoms with Gasteiger partial charge < -0.3 is 20.1 Å². The monoisotopic (exact) mass is 347 g/mol. The summed E-state index contributed by atoms with van der Waals surface area (Å²) >= 11 is 0. The van der Waals surface area contributed by atoms with Crippen molar-refractivity contribution in [2.75, 3.05) is 26.7 Å². The van der Waals surface area contributed by atoms with Crippen molar-refractivity contribution < 1.29 is 4.79 Å². The molecule has 1 unspecified atom stereocenters. The molecule has 1 saturated carbocycles. The fourth-order valence-corrected chi connectivity index (χ4v) is 4.25. The molecule has 140 valence electrons. The lowest BCUT2D eigenvalue weighted by Gasteiger charge is -2.40. The van der Waals surface area contributed by atoms with E-state index >= 15 is 0 Å². The van der Waals surface area contributed by atoms with Crippen LogP contribution in [-0.4, -0.2) is 58.5 Å². The first-order valence-electron chi connectivity index (χ1n) is 9.85. The smallest absolute Gasteiger partial charge is 0.317 e. The molecule has 1 aromatic rings. The van der Waals surface area contributed by atoms with Gasteiger partial charge in [-0.15, -0.1) is 0 Å². The number of hydrogen-bond donors (Lipinski definition) is 2. The van der Waals surface area contributed by atoms with Gasteiger partial charge >= 0.3 is 6.03 Å². The highest BCUT2D eigenvalue weighted by Crippen LogP contribution is 2.26. The van der Waals surface area contributed by atoms with E-state index < -0.39 is 0 Å². The quantitative estimate of drug-likeness (QED) is 0.861. The van der Waals surface area contributed by atoms with Crippen LogP contribution in [0.2, 0.25) is 0 Å². The lowest BCUT2D eigenvalue weighted by atomic mass is 9.90. The zero-order valence-corrected chi connectivity index (χ0v) is 15.8. The van der Waals surface area contributed by atoms with Gasteiger partial charge in [0, 0.05) is 38.1 Å². The average molecular weight is 348 g/mol. The molecule has 0 radical (unpaired) electrons. The molecule has 2 fully saturated rings. The van der Waals surface area contributed by atoms with Crippen molar-refractivity contribution in [1.29, 1.82) is 0 Å². The maximum atomic E-state index is 12.3. The molecule has 1 aliphatic carbocycles. The van der Waals surface area contributed by atoms with Crippen LogP contribution in [0, 0.1) is 12.8 Å². The Morgan fingerprint density at radius 1 is 1.32 bits per heavy atom. The molecule has 2 amide bonds. The number of imidazole rings is 1. The predicted octanol–water partition coefficient (Wildman–Crippen LogP) is 2.90. The van der Waals surface area contributed by atoms with E-state index in [1.54, 1.807) is 11.1 Å². The molecule has 2 heterocycles. The molecular formula is C19H33N5O. The molecule has 1 aromatic heterocycles. The molecule has 0 spiro atoms. The second-order valence-corrected chi connectivity index (χ2v) is 7.85. The third kappa shape index (κ3) is 5.21. The van der Waals surface area contributed by atoms with Crippen LogP contribution in [0.4, 0.5) is 4.79 Å². The van der Waals surface area contributed by atoms with E-state index in [1.807, 2.05) is 14.0 Å². The highest BCUT2D eigenvalue weighted by atomic mass is 16.2. The number of likely N-dealkylation sites (tertiary alicyclic amines) is 1. The molecule has 25 heavy (non-hydrogen) atoms. The standard InChI is InChI=1S/C19H33N5O/c1-15-11-20-18(22-15)14-23(2)19(25)21-12-16-7-6-10-24(13-16)17-8-4-3-5-9-17/h11,16-17H,3-10,12-14H2,1-2H3,(H,20,22)(H,21,25). The fraction of sp³-hybridized carbons (Fsp3) is 0.789. The first-order valence-corrected chi connectivity index (χ1v) is 9.85. The zero-order chi connectivity index (χ0) is 17.6. The minimum Gasteiger partial charge on any atom is -0.345 e. The van der Waals surface area contributed by atoms with E-state index in [9.17, 15) is 4.79 Å². The number of nitrogens with zero attached hydrogens (tertiary/aromatic N) is 3. The van der Waals surface area contributed by atoms with Gasteiger partial charge in [-0.25, -0.2) is 9.78 Å². The van der Waals surface area contributed by atoms with Gasteiger partial charge in [0.1, 0.15) is 5.82 Å². The van der Waals surface area contributed by atoms with Crippen molar-refractivity contribution in [3.05, 3.63) is 17.7 Å². The van der Waals surface area contributed by atoms with E-state index in [2.05, 4.69) is 20.2 Å². The van der Waals surface area contributed by atoms with Crippen LogP contribution >= 0.6 is 0 Å². The molecule has 0 aromatic carbocycles. The van der Waals surface area contributed by atoms with Gasteiger partial charge in [0.25, 0.3) is 0 Å². The van der Waals surface area contributed by atoms with E-state index in [-0.39, 0.29) is 6.03 Å². The van der Waals surface area contributed by atoms with Crippen LogP contribution < -0.4 is 5.32 Å². The number of aryl methyl sites for hydroxylation is 1. The predicted molar refractivity (Wildman–Crippen MR) is 99.4 cm³/mol. The topological polar surface area (TPSA) is 64.3 Å². The van der Waals surface area contributed by atoms with Crippen molar-refractivity contribution in [1.82, 2.24) is 25.1 Å². The van der Waals surface area contributed by atoms with Crippen LogP contribution in [0.5, 0.6) is 0 Å². The Hall–Kier alpha value is -1.56. The molecule has 2 N–H and O–H groups in total. The van der Waals surface area contributed by atoms with Gasteiger partial charge in [0.2, 0.25) is 0 Å². The number of urea groups is 1. The number of carbonyl (C=O) groups excluding carboxylic acids is 1. The molecule has 1 aliphatic heterocycles. The number of H-pyrrole nitrogens is 1. The van der Waals surface area contributed by atoms with Crippen molar-refractivity contribution in [2.45, 2.75) is 64.5 Å². The van der Waals surface area contributed by atoms with Gasteiger partial charge in [0.15, 0.2) is 0 Å². The molecular weight excluding hydrogens is 314 g/mol. The summed E-state index contributed by atoms with van der Waals surface area (Å²) in [5.74, 6) is 1.41. The summed E-state index contributed by atoms with van der Waals surface area (Å²) in [5.41, 5.74) is 1.02. The Morgan fingerprint density at radius 3 is 2.84 bits per heavy atom. The molecule has 1 saturated heterocycles. The van der Waals surface area contributed by atoms with Crippen LogP contribution in [-0.2, 0) is 6.54 Å². The van der Waals surface area contributed by atoms with E-state index in [4.69, 9.17) is 0 Å². The minimum absolute atomic E-state index is 0.0103. The summed E-state index contributed by atoms with van der Waals surface area (Å²) in [6.45, 7) is 5.65. The van der Waals surface area contributed by atoms with E-state index in [0.717, 1.165) is 30.6 Å². The number of hydrogen-bond acceptors (Lipinski definition) is 3. The summed E-state index contributed by atoms with van der Waals surface area (Å²) in [4.78, 5) is 24.2. The number of carbonyl (C=O) groups is 1. The number of amides is 2. The summed E-state index contributed by atoms with van der Waals surface area (Å²) in [6.07, 6.45) is 11.2. The third-order valence-corrected chi connectivity index (χ3v) is 5.67. The number of aromatic nitrogens is 2. The normalized spacial score (nSPS) is 22.7. The molecule has 2 aliphatic rings. The SMILES string of the molecule is Cc1cnc(CN(C)C(=O)NCC2CCCN(C3CCCCC3)C2)[nH]1. The molecule has 6 heteroatoms. The summed E-state index contributed by atoms with van der Waals surface area (Å²) in [7, 11) is 1.82. The van der Waals surface area contributed by atoms with Crippen molar-refractivity contribution >= 4 is 6.03 Å². The summed E-state index contributed by atoms with van der Waals surface area (Å²) in [6, 6.07) is 0.779. The van der Waals surface area contributed by atoms with Gasteiger partial charge in [0.05, 0.1) is 6.54 Å². The minimum atomic E-state index is -0.0103. The highest BCUT2D eigenvalue weighted by molar-refractivity contribution is 5.73. The first-order chi connectivity index (χ1) is 12.1. The first kappa shape index (κ1) is 18.2. The van der Waals surface area contributed by atoms with Crippen molar-refractivity contribution in [2.24, 2.45) is 5.92 Å². The van der Waals surface area contributed by atoms with Gasteiger partial charge in [-0.3, -0.25) is 0 Å². The Balaban J connectivity index is 1.41. The number of aromatic amines is 1. The maximum absolute atomic E-state index is 12.3. The molecule has 1 atom stereocenters. The second-order valence-electron chi connectivity index (χ2n) is 7.85. The molecule has 3 rings (SSSR count). The van der Waals surface area contributed by atoms with Crippen LogP contribution in [0.3, 0.4) is 0 Å². The van der Waals surface area contributed by atoms with E-state index in [0.29, 0.717) is 12.5 Å². The fourth-order valence-electron chi connectivity index (χ4n) is 4.25. The van der Waals surface area contributed by atoms with E-state index in [1.165, 1.54) is 51.5 Å². The largest absolute Gasteiger partial charge is 0.345 e. The van der Waals surface area contributed by atoms with Crippen molar-refractivity contribution in [3.8, 4) is 0 Å². The molecule has 6 nitrogen and oxygen atoms in total. The third-order valence-electron chi connectivity index (χ3n) is 5.67. The van der Waals surface area contributed by atoms with Gasteiger partial charge in [-0.05, 0) is 45.1 Å².